The zero-order chi connectivity index (χ0) is 20.4. The molecule has 4 rings (SSSR count). The van der Waals surface area contributed by atoms with E-state index in [1.54, 1.807) is 18.3 Å². The molecule has 1 aromatic heterocycles. The summed E-state index contributed by atoms with van der Waals surface area (Å²) >= 11 is 5.94. The number of benzene rings is 2. The number of pyridine rings is 1. The number of aromatic nitrogens is 1. The topological polar surface area (TPSA) is 42.0 Å². The van der Waals surface area contributed by atoms with Gasteiger partial charge in [-0.1, -0.05) is 23.7 Å². The van der Waals surface area contributed by atoms with E-state index in [4.69, 9.17) is 11.6 Å². The van der Waals surface area contributed by atoms with E-state index < -0.39 is 0 Å². The summed E-state index contributed by atoms with van der Waals surface area (Å²) in [6.45, 7) is 1.92. The number of fused-ring (bicyclic) bond motifs is 1. The molecular formula is C24H24ClFN2O. The number of rotatable bonds is 4. The Hall–Kier alpha value is -2.46. The van der Waals surface area contributed by atoms with E-state index in [9.17, 15) is 9.18 Å². The van der Waals surface area contributed by atoms with Crippen molar-refractivity contribution in [3.63, 3.8) is 0 Å². The predicted octanol–water partition coefficient (Wildman–Crippen LogP) is 5.97. The van der Waals surface area contributed by atoms with Crippen LogP contribution in [-0.4, -0.2) is 16.9 Å². The Bertz CT molecular complexity index is 1010. The summed E-state index contributed by atoms with van der Waals surface area (Å²) in [5.41, 5.74) is 2.95. The summed E-state index contributed by atoms with van der Waals surface area (Å²) in [6.07, 6.45) is 5.58. The molecular weight excluding hydrogens is 387 g/mol. The van der Waals surface area contributed by atoms with Gasteiger partial charge in [-0.05, 0) is 86.1 Å². The lowest BCUT2D eigenvalue weighted by Crippen LogP contribution is -2.39. The van der Waals surface area contributed by atoms with Crippen LogP contribution in [0.2, 0.25) is 5.02 Å². The molecule has 1 fully saturated rings. The molecule has 1 aliphatic rings. The fourth-order valence-electron chi connectivity index (χ4n) is 4.27. The summed E-state index contributed by atoms with van der Waals surface area (Å²) in [5, 5.41) is 4.77. The molecule has 1 aliphatic carbocycles. The zero-order valence-corrected chi connectivity index (χ0v) is 17.1. The van der Waals surface area contributed by atoms with Gasteiger partial charge in [0.25, 0.3) is 0 Å². The van der Waals surface area contributed by atoms with Crippen LogP contribution in [0.3, 0.4) is 0 Å². The zero-order valence-electron chi connectivity index (χ0n) is 16.4. The third kappa shape index (κ3) is 4.43. The van der Waals surface area contributed by atoms with Gasteiger partial charge in [-0.15, -0.1) is 0 Å². The largest absolute Gasteiger partial charge is 0.353 e. The van der Waals surface area contributed by atoms with E-state index in [1.165, 1.54) is 6.07 Å². The molecule has 2 aromatic carbocycles. The van der Waals surface area contributed by atoms with Gasteiger partial charge in [0, 0.05) is 22.6 Å². The molecule has 29 heavy (non-hydrogen) atoms. The Morgan fingerprint density at radius 2 is 1.83 bits per heavy atom. The predicted molar refractivity (Wildman–Crippen MR) is 115 cm³/mol. The average Bonchev–Trinajstić information content (AvgIpc) is 2.74. The monoisotopic (exact) mass is 410 g/mol. The van der Waals surface area contributed by atoms with Gasteiger partial charge >= 0.3 is 0 Å². The molecule has 0 aliphatic heterocycles. The Kier molecular flexibility index (Phi) is 5.81. The first kappa shape index (κ1) is 19.8. The molecule has 3 nitrogen and oxygen atoms in total. The molecule has 150 valence electrons. The third-order valence-electron chi connectivity index (χ3n) is 6.01. The van der Waals surface area contributed by atoms with E-state index in [2.05, 4.69) is 10.3 Å². The second-order valence-electron chi connectivity index (χ2n) is 7.89. The smallest absolute Gasteiger partial charge is 0.227 e. The highest BCUT2D eigenvalue weighted by Gasteiger charge is 2.26. The molecule has 1 heterocycles. The fourth-order valence-corrected chi connectivity index (χ4v) is 4.40. The van der Waals surface area contributed by atoms with Gasteiger partial charge in [0.15, 0.2) is 0 Å². The van der Waals surface area contributed by atoms with Gasteiger partial charge in [0.05, 0.1) is 11.4 Å². The number of carbonyl (C=O) groups excluding carboxylic acids is 1. The molecule has 1 unspecified atom stereocenters. The Morgan fingerprint density at radius 3 is 2.55 bits per heavy atom. The minimum absolute atomic E-state index is 0.0483. The first-order chi connectivity index (χ1) is 14.0. The van der Waals surface area contributed by atoms with E-state index in [1.807, 2.05) is 37.3 Å². The second kappa shape index (κ2) is 8.50. The van der Waals surface area contributed by atoms with Crippen molar-refractivity contribution in [3.8, 4) is 0 Å². The SMILES string of the molecule is CC(C(=O)N[C@H]1CC[C@H](c2ccnc3ccc(F)cc32)CC1)c1ccc(Cl)cc1. The maximum Gasteiger partial charge on any atom is 0.227 e. The van der Waals surface area contributed by atoms with Gasteiger partial charge in [-0.3, -0.25) is 9.78 Å². The van der Waals surface area contributed by atoms with Crippen molar-refractivity contribution in [3.05, 3.63) is 76.7 Å². The van der Waals surface area contributed by atoms with E-state index >= 15 is 0 Å². The van der Waals surface area contributed by atoms with Crippen LogP contribution in [0, 0.1) is 5.82 Å². The minimum atomic E-state index is -0.233. The van der Waals surface area contributed by atoms with Crippen LogP contribution in [0.15, 0.2) is 54.7 Å². The molecule has 3 aromatic rings. The average molecular weight is 411 g/mol. The first-order valence-corrected chi connectivity index (χ1v) is 10.5. The number of nitrogens with zero attached hydrogens (tertiary/aromatic N) is 1. The summed E-state index contributed by atoms with van der Waals surface area (Å²) in [6, 6.07) is 14.4. The normalized spacial score (nSPS) is 20.4. The van der Waals surface area contributed by atoms with Crippen LogP contribution in [-0.2, 0) is 4.79 Å². The van der Waals surface area contributed by atoms with Crippen molar-refractivity contribution in [1.29, 1.82) is 0 Å². The van der Waals surface area contributed by atoms with Crippen molar-refractivity contribution >= 4 is 28.4 Å². The van der Waals surface area contributed by atoms with Crippen molar-refractivity contribution in [2.24, 2.45) is 0 Å². The maximum atomic E-state index is 13.7. The molecule has 5 heteroatoms. The molecule has 0 radical (unpaired) electrons. The number of nitrogens with one attached hydrogen (secondary N) is 1. The van der Waals surface area contributed by atoms with Crippen molar-refractivity contribution in [1.82, 2.24) is 10.3 Å². The van der Waals surface area contributed by atoms with Gasteiger partial charge in [-0.2, -0.15) is 0 Å². The number of amides is 1. The molecule has 1 saturated carbocycles. The molecule has 0 spiro atoms. The van der Waals surface area contributed by atoms with Crippen molar-refractivity contribution in [2.75, 3.05) is 0 Å². The van der Waals surface area contributed by atoms with Gasteiger partial charge in [0.2, 0.25) is 5.91 Å². The highest BCUT2D eigenvalue weighted by Crippen LogP contribution is 2.36. The second-order valence-corrected chi connectivity index (χ2v) is 8.33. The number of halogens is 2. The van der Waals surface area contributed by atoms with E-state index in [-0.39, 0.29) is 23.7 Å². The van der Waals surface area contributed by atoms with Crippen LogP contribution in [0.25, 0.3) is 10.9 Å². The van der Waals surface area contributed by atoms with Crippen molar-refractivity contribution in [2.45, 2.75) is 50.5 Å². The maximum absolute atomic E-state index is 13.7. The fraction of sp³-hybridized carbons (Fsp3) is 0.333. The molecule has 0 saturated heterocycles. The van der Waals surface area contributed by atoms with Crippen molar-refractivity contribution < 1.29 is 9.18 Å². The Labute approximate surface area is 175 Å². The van der Waals surface area contributed by atoms with Gasteiger partial charge in [0.1, 0.15) is 5.82 Å². The van der Waals surface area contributed by atoms with Gasteiger partial charge in [-0.25, -0.2) is 4.39 Å². The third-order valence-corrected chi connectivity index (χ3v) is 6.27. The van der Waals surface area contributed by atoms with Crippen LogP contribution in [0.4, 0.5) is 4.39 Å². The van der Waals surface area contributed by atoms with E-state index in [0.29, 0.717) is 10.9 Å². The Balaban J connectivity index is 1.39. The highest BCUT2D eigenvalue weighted by molar-refractivity contribution is 6.30. The Morgan fingerprint density at radius 1 is 1.10 bits per heavy atom. The summed E-state index contributed by atoms with van der Waals surface area (Å²) in [7, 11) is 0. The lowest BCUT2D eigenvalue weighted by molar-refractivity contribution is -0.123. The number of hydrogen-bond acceptors (Lipinski definition) is 2. The highest BCUT2D eigenvalue weighted by atomic mass is 35.5. The number of hydrogen-bond donors (Lipinski definition) is 1. The summed E-state index contributed by atoms with van der Waals surface area (Å²) in [4.78, 5) is 17.0. The lowest BCUT2D eigenvalue weighted by Gasteiger charge is -2.30. The van der Waals surface area contributed by atoms with Crippen LogP contribution < -0.4 is 5.32 Å². The lowest BCUT2D eigenvalue weighted by atomic mass is 9.80. The van der Waals surface area contributed by atoms with Crippen LogP contribution >= 0.6 is 11.6 Å². The number of carbonyl (C=O) groups is 1. The molecule has 1 atom stereocenters. The quantitative estimate of drug-likeness (QED) is 0.575. The van der Waals surface area contributed by atoms with Crippen LogP contribution in [0.1, 0.15) is 55.6 Å². The molecule has 0 bridgehead atoms. The summed E-state index contributed by atoms with van der Waals surface area (Å²) < 4.78 is 13.7. The van der Waals surface area contributed by atoms with Crippen LogP contribution in [0.5, 0.6) is 0 Å². The molecule has 1 N–H and O–H groups in total. The minimum Gasteiger partial charge on any atom is -0.353 e. The van der Waals surface area contributed by atoms with Gasteiger partial charge < -0.3 is 5.32 Å². The standard InChI is InChI=1S/C24H24ClFN2O/c1-15(16-2-6-18(25)7-3-16)24(29)28-20-9-4-17(5-10-20)21-12-13-27-23-11-8-19(26)14-22(21)23/h2-3,6-8,11-15,17,20H,4-5,9-10H2,1H3,(H,28,29)/t15?,17-,20-. The first-order valence-electron chi connectivity index (χ1n) is 10.1. The molecule has 1 amide bonds. The summed E-state index contributed by atoms with van der Waals surface area (Å²) in [5.74, 6) is -0.0302. The van der Waals surface area contributed by atoms with E-state index in [0.717, 1.165) is 47.7 Å².